The van der Waals surface area contributed by atoms with Gasteiger partial charge in [0.15, 0.2) is 5.11 Å². The summed E-state index contributed by atoms with van der Waals surface area (Å²) in [6, 6.07) is 15.1. The Hall–Kier alpha value is -2.08. The van der Waals surface area contributed by atoms with Crippen LogP contribution in [-0.4, -0.2) is 21.5 Å². The Morgan fingerprint density at radius 2 is 2.00 bits per heavy atom. The molecule has 4 rings (SSSR count). The smallest absolute Gasteiger partial charge is 0.170 e. The van der Waals surface area contributed by atoms with Crippen LogP contribution in [0.5, 0.6) is 0 Å². The predicted molar refractivity (Wildman–Crippen MR) is 112 cm³/mol. The van der Waals surface area contributed by atoms with Gasteiger partial charge < -0.3 is 14.6 Å². The van der Waals surface area contributed by atoms with E-state index in [4.69, 9.17) is 39.8 Å². The molecule has 138 valence electrons. The van der Waals surface area contributed by atoms with Crippen molar-refractivity contribution in [2.24, 2.45) is 0 Å². The molecule has 0 radical (unpaired) electrons. The van der Waals surface area contributed by atoms with E-state index in [-0.39, 0.29) is 12.1 Å². The van der Waals surface area contributed by atoms with Gasteiger partial charge in [-0.25, -0.2) is 0 Å². The summed E-state index contributed by atoms with van der Waals surface area (Å²) in [4.78, 5) is 6.62. The monoisotopic (exact) mass is 417 g/mol. The Bertz CT molecular complexity index is 976. The summed E-state index contributed by atoms with van der Waals surface area (Å²) in [6.45, 7) is 2.84. The summed E-state index contributed by atoms with van der Waals surface area (Å²) < 4.78 is 6.21. The Kier molecular flexibility index (Phi) is 5.08. The number of halogens is 2. The standard InChI is InChI=1S/C20H17Cl2N3OS/c1-2-25-19(18(24-20(25)27)15-5-3-4-10-23-15)17-9-8-16(26-17)12-6-7-13(21)14(22)11-12/h3-11,18-19H,2H2,1H3,(H,24,27)/t18-,19-/m0/s1. The van der Waals surface area contributed by atoms with Gasteiger partial charge in [-0.05, 0) is 61.6 Å². The van der Waals surface area contributed by atoms with Crippen LogP contribution < -0.4 is 5.32 Å². The molecule has 1 aliphatic rings. The molecule has 0 aliphatic carbocycles. The number of nitrogens with zero attached hydrogens (tertiary/aromatic N) is 2. The molecular formula is C20H17Cl2N3OS. The Labute approximate surface area is 173 Å². The normalized spacial score (nSPS) is 19.4. The van der Waals surface area contributed by atoms with E-state index in [0.29, 0.717) is 15.2 Å². The van der Waals surface area contributed by atoms with Gasteiger partial charge in [-0.15, -0.1) is 0 Å². The molecule has 1 saturated heterocycles. The topological polar surface area (TPSA) is 41.3 Å². The highest BCUT2D eigenvalue weighted by Crippen LogP contribution is 2.40. The van der Waals surface area contributed by atoms with Crippen LogP contribution in [0.1, 0.15) is 30.5 Å². The van der Waals surface area contributed by atoms with Crippen molar-refractivity contribution in [1.82, 2.24) is 15.2 Å². The van der Waals surface area contributed by atoms with Crippen LogP contribution in [0.15, 0.2) is 59.1 Å². The van der Waals surface area contributed by atoms with Crippen molar-refractivity contribution in [1.29, 1.82) is 0 Å². The molecule has 2 aromatic heterocycles. The molecule has 1 aromatic carbocycles. The molecule has 1 fully saturated rings. The van der Waals surface area contributed by atoms with E-state index in [9.17, 15) is 0 Å². The summed E-state index contributed by atoms with van der Waals surface area (Å²) in [5.74, 6) is 1.55. The van der Waals surface area contributed by atoms with Crippen molar-refractivity contribution in [2.45, 2.75) is 19.0 Å². The third kappa shape index (κ3) is 3.43. The Morgan fingerprint density at radius 3 is 2.70 bits per heavy atom. The SMILES string of the molecule is CCN1C(=S)N[C@@H](c2ccccn2)[C@@H]1c1ccc(-c2ccc(Cl)c(Cl)c2)o1. The lowest BCUT2D eigenvalue weighted by molar-refractivity contribution is 0.284. The molecule has 7 heteroatoms. The van der Waals surface area contributed by atoms with Crippen LogP contribution in [0.25, 0.3) is 11.3 Å². The van der Waals surface area contributed by atoms with Crippen molar-refractivity contribution in [3.05, 3.63) is 76.2 Å². The number of likely N-dealkylation sites (N-methyl/N-ethyl adjacent to an activating group) is 1. The third-order valence-corrected chi connectivity index (χ3v) is 5.75. The Balaban J connectivity index is 1.72. The first-order valence-corrected chi connectivity index (χ1v) is 9.78. The van der Waals surface area contributed by atoms with Crippen LogP contribution in [0.2, 0.25) is 10.0 Å². The molecule has 0 saturated carbocycles. The van der Waals surface area contributed by atoms with Gasteiger partial charge in [0.2, 0.25) is 0 Å². The summed E-state index contributed by atoms with van der Waals surface area (Å²) in [6.07, 6.45) is 1.79. The van der Waals surface area contributed by atoms with Crippen molar-refractivity contribution >= 4 is 40.5 Å². The number of hydrogen-bond acceptors (Lipinski definition) is 3. The van der Waals surface area contributed by atoms with Gasteiger partial charge in [0, 0.05) is 18.3 Å². The number of hydrogen-bond donors (Lipinski definition) is 1. The quantitative estimate of drug-likeness (QED) is 0.556. The van der Waals surface area contributed by atoms with Crippen molar-refractivity contribution < 1.29 is 4.42 Å². The summed E-state index contributed by atoms with van der Waals surface area (Å²) in [7, 11) is 0. The highest BCUT2D eigenvalue weighted by molar-refractivity contribution is 7.80. The third-order valence-electron chi connectivity index (χ3n) is 4.66. The number of aromatic nitrogens is 1. The number of benzene rings is 1. The van der Waals surface area contributed by atoms with E-state index in [1.54, 1.807) is 18.3 Å². The van der Waals surface area contributed by atoms with Crippen molar-refractivity contribution in [3.63, 3.8) is 0 Å². The lowest BCUT2D eigenvalue weighted by atomic mass is 10.0. The minimum Gasteiger partial charge on any atom is -0.459 e. The number of furan rings is 1. The van der Waals surface area contributed by atoms with E-state index in [2.05, 4.69) is 22.1 Å². The second kappa shape index (κ2) is 7.50. The zero-order valence-electron chi connectivity index (χ0n) is 14.5. The molecular weight excluding hydrogens is 401 g/mol. The largest absolute Gasteiger partial charge is 0.459 e. The average Bonchev–Trinajstić information content (AvgIpc) is 3.29. The first kappa shape index (κ1) is 18.3. The molecule has 27 heavy (non-hydrogen) atoms. The zero-order chi connectivity index (χ0) is 19.0. The molecule has 3 aromatic rings. The maximum Gasteiger partial charge on any atom is 0.170 e. The molecule has 0 amide bonds. The molecule has 0 spiro atoms. The first-order chi connectivity index (χ1) is 13.1. The molecule has 0 unspecified atom stereocenters. The molecule has 0 bridgehead atoms. The van der Waals surface area contributed by atoms with Gasteiger partial charge >= 0.3 is 0 Å². The van der Waals surface area contributed by atoms with Gasteiger partial charge in [0.05, 0.1) is 21.8 Å². The summed E-state index contributed by atoms with van der Waals surface area (Å²) >= 11 is 17.7. The molecule has 1 aliphatic heterocycles. The minimum atomic E-state index is -0.0774. The van der Waals surface area contributed by atoms with Crippen molar-refractivity contribution in [2.75, 3.05) is 6.54 Å². The average molecular weight is 418 g/mol. The summed E-state index contributed by atoms with van der Waals surface area (Å²) in [5, 5.41) is 5.10. The highest BCUT2D eigenvalue weighted by atomic mass is 35.5. The summed E-state index contributed by atoms with van der Waals surface area (Å²) in [5.41, 5.74) is 1.80. The van der Waals surface area contributed by atoms with E-state index in [1.165, 1.54) is 0 Å². The van der Waals surface area contributed by atoms with Gasteiger partial charge in [0.1, 0.15) is 17.6 Å². The minimum absolute atomic E-state index is 0.0751. The van der Waals surface area contributed by atoms with Crippen LogP contribution in [-0.2, 0) is 0 Å². The van der Waals surface area contributed by atoms with Crippen LogP contribution in [0.4, 0.5) is 0 Å². The van der Waals surface area contributed by atoms with Crippen LogP contribution in [0, 0.1) is 0 Å². The zero-order valence-corrected chi connectivity index (χ0v) is 16.9. The van der Waals surface area contributed by atoms with E-state index in [1.807, 2.05) is 36.4 Å². The van der Waals surface area contributed by atoms with E-state index >= 15 is 0 Å². The number of rotatable bonds is 4. The van der Waals surface area contributed by atoms with Gasteiger partial charge in [-0.3, -0.25) is 4.98 Å². The molecule has 3 heterocycles. The highest BCUT2D eigenvalue weighted by Gasteiger charge is 2.40. The van der Waals surface area contributed by atoms with E-state index in [0.717, 1.165) is 29.3 Å². The predicted octanol–water partition coefficient (Wildman–Crippen LogP) is 5.64. The number of nitrogens with one attached hydrogen (secondary N) is 1. The van der Waals surface area contributed by atoms with Crippen molar-refractivity contribution in [3.8, 4) is 11.3 Å². The molecule has 2 atom stereocenters. The lowest BCUT2D eigenvalue weighted by Crippen LogP contribution is -2.29. The maximum absolute atomic E-state index is 6.21. The second-order valence-corrected chi connectivity index (χ2v) is 7.44. The second-order valence-electron chi connectivity index (χ2n) is 6.24. The first-order valence-electron chi connectivity index (χ1n) is 8.61. The van der Waals surface area contributed by atoms with Gasteiger partial charge in [-0.1, -0.05) is 29.3 Å². The van der Waals surface area contributed by atoms with Crippen LogP contribution >= 0.6 is 35.4 Å². The fourth-order valence-corrected chi connectivity index (χ4v) is 4.04. The lowest BCUT2D eigenvalue weighted by Gasteiger charge is -2.24. The fourth-order valence-electron chi connectivity index (χ4n) is 3.37. The number of pyridine rings is 1. The maximum atomic E-state index is 6.21. The van der Waals surface area contributed by atoms with Gasteiger partial charge in [-0.2, -0.15) is 0 Å². The molecule has 1 N–H and O–H groups in total. The molecule has 4 nitrogen and oxygen atoms in total. The van der Waals surface area contributed by atoms with Crippen LogP contribution in [0.3, 0.4) is 0 Å². The fraction of sp³-hybridized carbons (Fsp3) is 0.200. The van der Waals surface area contributed by atoms with Gasteiger partial charge in [0.25, 0.3) is 0 Å². The van der Waals surface area contributed by atoms with E-state index < -0.39 is 0 Å². The Morgan fingerprint density at radius 1 is 1.15 bits per heavy atom. The number of thiocarbonyl (C=S) groups is 1.